The van der Waals surface area contributed by atoms with Gasteiger partial charge in [-0.1, -0.05) is 35.5 Å². The van der Waals surface area contributed by atoms with Gasteiger partial charge in [0.1, 0.15) is 22.7 Å². The molecule has 3 aromatic heterocycles. The summed E-state index contributed by atoms with van der Waals surface area (Å²) in [6.45, 7) is 5.45. The van der Waals surface area contributed by atoms with Crippen LogP contribution >= 0.6 is 0 Å². The zero-order valence-electron chi connectivity index (χ0n) is 17.9. The second-order valence-corrected chi connectivity index (χ2v) is 7.33. The van der Waals surface area contributed by atoms with Gasteiger partial charge in [-0.3, -0.25) is 4.79 Å². The Morgan fingerprint density at radius 2 is 1.78 bits per heavy atom. The van der Waals surface area contributed by atoms with E-state index in [1.807, 2.05) is 44.2 Å². The van der Waals surface area contributed by atoms with Crippen molar-refractivity contribution in [3.8, 4) is 28.4 Å². The van der Waals surface area contributed by atoms with Crippen LogP contribution < -0.4 is 15.8 Å². The van der Waals surface area contributed by atoms with Crippen LogP contribution in [0.5, 0.6) is 5.88 Å². The molecule has 9 heteroatoms. The molecule has 4 rings (SSSR count). The number of carbonyl (C=O) groups is 1. The second kappa shape index (κ2) is 8.84. The number of anilines is 2. The number of ether oxygens (including phenoxy) is 1. The molecule has 0 aliphatic rings. The highest BCUT2D eigenvalue weighted by Gasteiger charge is 2.23. The van der Waals surface area contributed by atoms with E-state index < -0.39 is 0 Å². The first kappa shape index (κ1) is 21.0. The van der Waals surface area contributed by atoms with Crippen LogP contribution in [0.4, 0.5) is 11.6 Å². The van der Waals surface area contributed by atoms with Crippen LogP contribution in [0.3, 0.4) is 0 Å². The van der Waals surface area contributed by atoms with Gasteiger partial charge in [0.15, 0.2) is 0 Å². The van der Waals surface area contributed by atoms with Crippen molar-refractivity contribution in [2.45, 2.75) is 26.9 Å². The van der Waals surface area contributed by atoms with Gasteiger partial charge in [0, 0.05) is 23.5 Å². The zero-order valence-corrected chi connectivity index (χ0v) is 17.9. The number of rotatable bonds is 6. The van der Waals surface area contributed by atoms with E-state index in [0.717, 1.165) is 5.56 Å². The normalized spacial score (nSPS) is 10.9. The summed E-state index contributed by atoms with van der Waals surface area (Å²) in [4.78, 5) is 25.7. The lowest BCUT2D eigenvalue weighted by molar-refractivity contribution is 0.102. The van der Waals surface area contributed by atoms with Crippen LogP contribution in [-0.2, 0) is 0 Å². The van der Waals surface area contributed by atoms with Crippen molar-refractivity contribution < 1.29 is 14.1 Å². The molecule has 162 valence electrons. The van der Waals surface area contributed by atoms with Gasteiger partial charge in [-0.2, -0.15) is 0 Å². The number of nitrogens with zero attached hydrogens (tertiary/aromatic N) is 4. The first-order chi connectivity index (χ1) is 15.4. The summed E-state index contributed by atoms with van der Waals surface area (Å²) in [6.07, 6.45) is 3.00. The molecule has 0 saturated carbocycles. The van der Waals surface area contributed by atoms with Gasteiger partial charge in [0.25, 0.3) is 5.91 Å². The molecule has 4 aromatic rings. The Kier molecular flexibility index (Phi) is 5.80. The van der Waals surface area contributed by atoms with Crippen LogP contribution in [0.2, 0.25) is 0 Å². The first-order valence-corrected chi connectivity index (χ1v) is 10.0. The van der Waals surface area contributed by atoms with E-state index in [4.69, 9.17) is 15.0 Å². The Hall–Kier alpha value is -4.27. The quantitative estimate of drug-likeness (QED) is 0.467. The molecule has 1 aromatic carbocycles. The molecular weight excluding hydrogens is 408 g/mol. The molecule has 0 saturated heterocycles. The van der Waals surface area contributed by atoms with Gasteiger partial charge in [-0.05, 0) is 32.9 Å². The van der Waals surface area contributed by atoms with Gasteiger partial charge >= 0.3 is 0 Å². The van der Waals surface area contributed by atoms with E-state index in [1.54, 1.807) is 31.5 Å². The lowest BCUT2D eigenvalue weighted by Crippen LogP contribution is -2.16. The topological polar surface area (TPSA) is 129 Å². The fourth-order valence-electron chi connectivity index (χ4n) is 3.10. The Balaban J connectivity index is 1.68. The molecule has 0 unspecified atom stereocenters. The summed E-state index contributed by atoms with van der Waals surface area (Å²) in [5.74, 6) is 0.491. The van der Waals surface area contributed by atoms with E-state index in [1.165, 1.54) is 0 Å². The fraction of sp³-hybridized carbons (Fsp3) is 0.174. The van der Waals surface area contributed by atoms with Gasteiger partial charge in [-0.25, -0.2) is 15.0 Å². The maximum absolute atomic E-state index is 13.2. The number of amides is 1. The Bertz CT molecular complexity index is 1240. The third-order valence-electron chi connectivity index (χ3n) is 4.56. The zero-order chi connectivity index (χ0) is 22.7. The molecule has 3 heterocycles. The number of pyridine rings is 1. The van der Waals surface area contributed by atoms with Crippen LogP contribution in [0.25, 0.3) is 22.5 Å². The SMILES string of the molecule is Cc1onc(-c2ccccc2)c1C(=O)Nc1ccc(-c2cnc(N)nc2)nc1OC(C)C. The van der Waals surface area contributed by atoms with Crippen molar-refractivity contribution in [1.82, 2.24) is 20.1 Å². The largest absolute Gasteiger partial charge is 0.473 e. The molecule has 9 nitrogen and oxygen atoms in total. The molecule has 32 heavy (non-hydrogen) atoms. The fourth-order valence-corrected chi connectivity index (χ4v) is 3.10. The molecule has 0 radical (unpaired) electrons. The summed E-state index contributed by atoms with van der Waals surface area (Å²) in [7, 11) is 0. The molecule has 1 amide bonds. The number of aryl methyl sites for hydroxylation is 1. The number of carbonyl (C=O) groups excluding carboxylic acids is 1. The average molecular weight is 430 g/mol. The van der Waals surface area contributed by atoms with Crippen LogP contribution in [0, 0.1) is 6.92 Å². The maximum Gasteiger partial charge on any atom is 0.261 e. The molecule has 3 N–H and O–H groups in total. The number of benzene rings is 1. The van der Waals surface area contributed by atoms with Crippen molar-refractivity contribution in [3.63, 3.8) is 0 Å². The molecule has 0 aliphatic carbocycles. The minimum Gasteiger partial charge on any atom is -0.473 e. The highest BCUT2D eigenvalue weighted by molar-refractivity contribution is 6.09. The molecule has 0 fully saturated rings. The number of nitrogens with one attached hydrogen (secondary N) is 1. The number of nitrogens with two attached hydrogens (primary N) is 1. The first-order valence-electron chi connectivity index (χ1n) is 10.0. The molecular formula is C23H22N6O3. The van der Waals surface area contributed by atoms with Gasteiger partial charge in [-0.15, -0.1) is 0 Å². The Labute approximate surface area is 184 Å². The predicted molar refractivity (Wildman–Crippen MR) is 120 cm³/mol. The lowest BCUT2D eigenvalue weighted by atomic mass is 10.1. The van der Waals surface area contributed by atoms with E-state index in [0.29, 0.717) is 34.0 Å². The number of hydrogen-bond acceptors (Lipinski definition) is 8. The summed E-state index contributed by atoms with van der Waals surface area (Å²) in [5.41, 5.74) is 8.85. The third kappa shape index (κ3) is 4.41. The number of aromatic nitrogens is 4. The minimum absolute atomic E-state index is 0.159. The summed E-state index contributed by atoms with van der Waals surface area (Å²) in [6, 6.07) is 12.8. The van der Waals surface area contributed by atoms with Crippen molar-refractivity contribution in [2.24, 2.45) is 0 Å². The van der Waals surface area contributed by atoms with Crippen molar-refractivity contribution >= 4 is 17.5 Å². The Morgan fingerprint density at radius 3 is 2.47 bits per heavy atom. The minimum atomic E-state index is -0.374. The van der Waals surface area contributed by atoms with Crippen molar-refractivity contribution in [3.05, 3.63) is 66.2 Å². The number of nitrogen functional groups attached to an aromatic ring is 1. The number of hydrogen-bond donors (Lipinski definition) is 2. The summed E-state index contributed by atoms with van der Waals surface area (Å²) < 4.78 is 11.2. The van der Waals surface area contributed by atoms with Crippen LogP contribution in [0.15, 0.2) is 59.4 Å². The third-order valence-corrected chi connectivity index (χ3v) is 4.56. The second-order valence-electron chi connectivity index (χ2n) is 7.33. The molecule has 0 bridgehead atoms. The molecule has 0 spiro atoms. The predicted octanol–water partition coefficient (Wildman–Crippen LogP) is 4.12. The van der Waals surface area contributed by atoms with Gasteiger partial charge < -0.3 is 20.3 Å². The summed E-state index contributed by atoms with van der Waals surface area (Å²) >= 11 is 0. The van der Waals surface area contributed by atoms with Crippen LogP contribution in [0.1, 0.15) is 30.0 Å². The highest BCUT2D eigenvalue weighted by Crippen LogP contribution is 2.30. The average Bonchev–Trinajstić information content (AvgIpc) is 3.17. The molecule has 0 aliphatic heterocycles. The molecule has 0 atom stereocenters. The van der Waals surface area contributed by atoms with Crippen LogP contribution in [-0.4, -0.2) is 32.1 Å². The van der Waals surface area contributed by atoms with E-state index in [-0.39, 0.29) is 23.8 Å². The highest BCUT2D eigenvalue weighted by atomic mass is 16.5. The van der Waals surface area contributed by atoms with E-state index >= 15 is 0 Å². The van der Waals surface area contributed by atoms with Gasteiger partial charge in [0.2, 0.25) is 11.8 Å². The van der Waals surface area contributed by atoms with E-state index in [9.17, 15) is 4.79 Å². The lowest BCUT2D eigenvalue weighted by Gasteiger charge is -2.15. The van der Waals surface area contributed by atoms with Gasteiger partial charge in [0.05, 0.1) is 11.8 Å². The van der Waals surface area contributed by atoms with Crippen molar-refractivity contribution in [2.75, 3.05) is 11.1 Å². The Morgan fingerprint density at radius 1 is 1.06 bits per heavy atom. The summed E-state index contributed by atoms with van der Waals surface area (Å²) in [5, 5.41) is 6.95. The van der Waals surface area contributed by atoms with Crippen molar-refractivity contribution in [1.29, 1.82) is 0 Å². The smallest absolute Gasteiger partial charge is 0.261 e. The standard InChI is InChI=1S/C23H22N6O3/c1-13(2)31-22-18(10-9-17(28-22)16-11-25-23(24)26-12-16)27-21(30)19-14(3)32-29-20(19)15-7-5-4-6-8-15/h4-13H,1-3H3,(H,27,30)(H2,24,25,26). The van der Waals surface area contributed by atoms with E-state index in [2.05, 4.69) is 25.4 Å². The monoisotopic (exact) mass is 430 g/mol. The maximum atomic E-state index is 13.2.